The Morgan fingerprint density at radius 1 is 1.11 bits per heavy atom. The smallest absolute Gasteiger partial charge is 0.410 e. The Kier molecular flexibility index (Phi) is 8.04. The number of hydrogen-bond donors (Lipinski definition) is 0. The quantitative estimate of drug-likeness (QED) is 0.405. The van der Waals surface area contributed by atoms with Gasteiger partial charge in [-0.15, -0.1) is 0 Å². The average molecular weight is 532 g/mol. The molecule has 4 rings (SSSR count). The summed E-state index contributed by atoms with van der Waals surface area (Å²) < 4.78 is 5.57. The number of hydrogen-bond acceptors (Lipinski definition) is 4. The highest BCUT2D eigenvalue weighted by Gasteiger charge is 2.44. The number of carbonyl (C=O) groups excluding carboxylic acids is 2. The van der Waals surface area contributed by atoms with Crippen LogP contribution >= 0.6 is 23.2 Å². The number of fused-ring (bicyclic) bond motifs is 2. The molecular formula is C29H36Cl2N2O3. The molecule has 7 heteroatoms. The number of nitrogens with zero attached hydrogens (tertiary/aromatic N) is 2. The first-order chi connectivity index (χ1) is 17.0. The van der Waals surface area contributed by atoms with Gasteiger partial charge in [0.15, 0.2) is 5.78 Å². The van der Waals surface area contributed by atoms with Crippen LogP contribution in [0.4, 0.5) is 4.79 Å². The molecule has 1 saturated heterocycles. The molecule has 1 aliphatic heterocycles. The highest BCUT2D eigenvalue weighted by Crippen LogP contribution is 2.46. The second-order valence-corrected chi connectivity index (χ2v) is 12.1. The number of amides is 1. The Bertz CT molecular complexity index is 1120. The van der Waals surface area contributed by atoms with E-state index in [4.69, 9.17) is 27.9 Å². The molecule has 2 aromatic rings. The van der Waals surface area contributed by atoms with Crippen molar-refractivity contribution in [2.45, 2.75) is 63.4 Å². The van der Waals surface area contributed by atoms with E-state index in [1.54, 1.807) is 11.9 Å². The zero-order valence-electron chi connectivity index (χ0n) is 21.7. The van der Waals surface area contributed by atoms with Crippen molar-refractivity contribution in [3.05, 3.63) is 69.2 Å². The van der Waals surface area contributed by atoms with Gasteiger partial charge in [-0.2, -0.15) is 0 Å². The molecule has 36 heavy (non-hydrogen) atoms. The standard InChI is InChI=1S/C29H36Cl2N2O3/c1-28(2,3)36-27(35)32(4)19-21(20-9-10-24(30)25(31)17-20)11-14-33-15-12-29(13-16-33)18-26(34)22-7-5-6-8-23(22)29/h5-10,17,21H,11-16,18-19H2,1-4H3/t21-/m1/s1. The van der Waals surface area contributed by atoms with Crippen molar-refractivity contribution in [1.29, 1.82) is 0 Å². The van der Waals surface area contributed by atoms with Gasteiger partial charge in [0, 0.05) is 36.9 Å². The number of ether oxygens (including phenoxy) is 1. The minimum absolute atomic E-state index is 0.00971. The van der Waals surface area contributed by atoms with Crippen molar-refractivity contribution in [2.75, 3.05) is 33.2 Å². The molecule has 0 unspecified atom stereocenters. The molecule has 0 saturated carbocycles. The zero-order valence-corrected chi connectivity index (χ0v) is 23.2. The Morgan fingerprint density at radius 2 is 1.81 bits per heavy atom. The zero-order chi connectivity index (χ0) is 26.1. The third-order valence-electron chi connectivity index (χ3n) is 7.52. The van der Waals surface area contributed by atoms with Crippen LogP contribution < -0.4 is 0 Å². The predicted octanol–water partition coefficient (Wildman–Crippen LogP) is 6.95. The summed E-state index contributed by atoms with van der Waals surface area (Å²) in [6.07, 6.45) is 3.15. The van der Waals surface area contributed by atoms with Gasteiger partial charge in [-0.25, -0.2) is 4.79 Å². The molecule has 1 spiro atoms. The number of likely N-dealkylation sites (N-methyl/N-ethyl adjacent to an activating group) is 1. The van der Waals surface area contributed by atoms with E-state index in [1.807, 2.05) is 51.1 Å². The molecule has 0 aromatic heterocycles. The largest absolute Gasteiger partial charge is 0.444 e. The summed E-state index contributed by atoms with van der Waals surface area (Å²) in [4.78, 5) is 29.4. The van der Waals surface area contributed by atoms with Gasteiger partial charge in [0.25, 0.3) is 0 Å². The first-order valence-corrected chi connectivity index (χ1v) is 13.5. The number of benzene rings is 2. The molecule has 194 valence electrons. The molecule has 5 nitrogen and oxygen atoms in total. The van der Waals surface area contributed by atoms with Crippen molar-refractivity contribution in [3.8, 4) is 0 Å². The lowest BCUT2D eigenvalue weighted by molar-refractivity contribution is 0.0284. The number of halogens is 2. The summed E-state index contributed by atoms with van der Waals surface area (Å²) in [5, 5.41) is 1.04. The van der Waals surface area contributed by atoms with E-state index >= 15 is 0 Å². The minimum atomic E-state index is -0.547. The summed E-state index contributed by atoms with van der Waals surface area (Å²) in [5.74, 6) is 0.367. The third kappa shape index (κ3) is 6.07. The van der Waals surface area contributed by atoms with E-state index in [1.165, 1.54) is 5.56 Å². The molecule has 1 heterocycles. The van der Waals surface area contributed by atoms with Gasteiger partial charge >= 0.3 is 6.09 Å². The van der Waals surface area contributed by atoms with E-state index in [0.29, 0.717) is 23.0 Å². The maximum absolute atomic E-state index is 12.6. The number of likely N-dealkylation sites (tertiary alicyclic amines) is 1. The van der Waals surface area contributed by atoms with Gasteiger partial charge < -0.3 is 14.5 Å². The molecule has 1 fully saturated rings. The number of ketones is 1. The molecule has 1 amide bonds. The Labute approximate surface area is 224 Å². The van der Waals surface area contributed by atoms with Crippen LogP contribution in [-0.4, -0.2) is 60.5 Å². The summed E-state index contributed by atoms with van der Waals surface area (Å²) in [6, 6.07) is 13.8. The third-order valence-corrected chi connectivity index (χ3v) is 8.26. The highest BCUT2D eigenvalue weighted by molar-refractivity contribution is 6.42. The molecule has 2 aromatic carbocycles. The number of Topliss-reactive ketones (excluding diaryl/α,β-unsaturated/α-hetero) is 1. The van der Waals surface area contributed by atoms with E-state index in [0.717, 1.165) is 50.0 Å². The monoisotopic (exact) mass is 530 g/mol. The van der Waals surface area contributed by atoms with Crippen molar-refractivity contribution in [3.63, 3.8) is 0 Å². The van der Waals surface area contributed by atoms with Crippen molar-refractivity contribution in [2.24, 2.45) is 0 Å². The SMILES string of the molecule is CN(C[C@@H](CCN1CCC2(CC1)CC(=O)c1ccccc12)c1ccc(Cl)c(Cl)c1)C(=O)OC(C)(C)C. The van der Waals surface area contributed by atoms with Crippen molar-refractivity contribution < 1.29 is 14.3 Å². The van der Waals surface area contributed by atoms with Gasteiger partial charge in [-0.05, 0) is 82.9 Å². The van der Waals surface area contributed by atoms with E-state index < -0.39 is 5.60 Å². The van der Waals surface area contributed by atoms with Crippen LogP contribution in [0, 0.1) is 0 Å². The van der Waals surface area contributed by atoms with Crippen LogP contribution in [0.1, 0.15) is 73.9 Å². The first-order valence-electron chi connectivity index (χ1n) is 12.7. The molecule has 0 N–H and O–H groups in total. The summed E-state index contributed by atoms with van der Waals surface area (Å²) >= 11 is 12.5. The van der Waals surface area contributed by atoms with Crippen LogP contribution in [0.3, 0.4) is 0 Å². The van der Waals surface area contributed by atoms with Crippen LogP contribution in [0.25, 0.3) is 0 Å². The summed E-state index contributed by atoms with van der Waals surface area (Å²) in [6.45, 7) is 8.94. The van der Waals surface area contributed by atoms with Crippen LogP contribution in [0.5, 0.6) is 0 Å². The fourth-order valence-corrected chi connectivity index (χ4v) is 5.86. The fourth-order valence-electron chi connectivity index (χ4n) is 5.55. The maximum Gasteiger partial charge on any atom is 0.410 e. The molecule has 0 bridgehead atoms. The van der Waals surface area contributed by atoms with Crippen molar-refractivity contribution >= 4 is 35.1 Å². The normalized spacial score (nSPS) is 18.2. The Hall–Kier alpha value is -2.08. The molecule has 1 atom stereocenters. The van der Waals surface area contributed by atoms with Gasteiger partial charge in [-0.1, -0.05) is 53.5 Å². The van der Waals surface area contributed by atoms with Gasteiger partial charge in [-0.3, -0.25) is 4.79 Å². The molecule has 1 aliphatic carbocycles. The topological polar surface area (TPSA) is 49.9 Å². The number of carbonyl (C=O) groups is 2. The van der Waals surface area contributed by atoms with Crippen LogP contribution in [-0.2, 0) is 10.2 Å². The lowest BCUT2D eigenvalue weighted by Gasteiger charge is -2.40. The van der Waals surface area contributed by atoms with Crippen LogP contribution in [0.15, 0.2) is 42.5 Å². The highest BCUT2D eigenvalue weighted by atomic mass is 35.5. The fraction of sp³-hybridized carbons (Fsp3) is 0.517. The second-order valence-electron chi connectivity index (χ2n) is 11.3. The van der Waals surface area contributed by atoms with Gasteiger partial charge in [0.05, 0.1) is 10.0 Å². The second kappa shape index (κ2) is 10.7. The summed E-state index contributed by atoms with van der Waals surface area (Å²) in [7, 11) is 1.78. The first kappa shape index (κ1) is 27.0. The van der Waals surface area contributed by atoms with E-state index in [-0.39, 0.29) is 23.2 Å². The molecule has 2 aliphatic rings. The Morgan fingerprint density at radius 3 is 2.47 bits per heavy atom. The lowest BCUT2D eigenvalue weighted by Crippen LogP contribution is -2.42. The number of rotatable bonds is 6. The summed E-state index contributed by atoms with van der Waals surface area (Å²) in [5.41, 5.74) is 2.65. The molecule has 0 radical (unpaired) electrons. The maximum atomic E-state index is 12.6. The van der Waals surface area contributed by atoms with Gasteiger partial charge in [0.2, 0.25) is 0 Å². The van der Waals surface area contributed by atoms with Crippen molar-refractivity contribution in [1.82, 2.24) is 9.80 Å². The van der Waals surface area contributed by atoms with Gasteiger partial charge in [0.1, 0.15) is 5.60 Å². The minimum Gasteiger partial charge on any atom is -0.444 e. The van der Waals surface area contributed by atoms with E-state index in [2.05, 4.69) is 17.0 Å². The number of piperidine rings is 1. The van der Waals surface area contributed by atoms with E-state index in [9.17, 15) is 9.59 Å². The molecular weight excluding hydrogens is 495 g/mol. The average Bonchev–Trinajstić information content (AvgIpc) is 3.10. The Balaban J connectivity index is 1.42. The lowest BCUT2D eigenvalue weighted by atomic mass is 9.73. The van der Waals surface area contributed by atoms with Crippen LogP contribution in [0.2, 0.25) is 10.0 Å². The predicted molar refractivity (Wildman–Crippen MR) is 145 cm³/mol.